The highest BCUT2D eigenvalue weighted by Crippen LogP contribution is 2.48. The number of benzene rings is 4. The maximum Gasteiger partial charge on any atom is 0.264 e. The van der Waals surface area contributed by atoms with Gasteiger partial charge in [0.25, 0.3) is 5.91 Å². The number of para-hydroxylation sites is 2. The van der Waals surface area contributed by atoms with Crippen molar-refractivity contribution in [2.75, 3.05) is 27.9 Å². The molecule has 1 saturated heterocycles. The number of anilines is 5. The molecule has 4 aromatic carbocycles. The van der Waals surface area contributed by atoms with E-state index in [0.717, 1.165) is 46.6 Å². The fraction of sp³-hybridized carbons (Fsp3) is 0.318. The zero-order valence-electron chi connectivity index (χ0n) is 30.4. The van der Waals surface area contributed by atoms with Crippen molar-refractivity contribution in [1.82, 2.24) is 4.90 Å². The van der Waals surface area contributed by atoms with Crippen LogP contribution in [0.1, 0.15) is 61.3 Å². The molecule has 2 N–H and O–H groups in total. The van der Waals surface area contributed by atoms with Crippen LogP contribution in [0.3, 0.4) is 0 Å². The summed E-state index contributed by atoms with van der Waals surface area (Å²) in [4.78, 5) is 60.8. The summed E-state index contributed by atoms with van der Waals surface area (Å²) in [6.07, 6.45) is 7.21. The van der Waals surface area contributed by atoms with E-state index in [1.807, 2.05) is 78.9 Å². The lowest BCUT2D eigenvalue weighted by atomic mass is 9.82. The Bertz CT molecular complexity index is 2160. The monoisotopic (exact) mass is 724 g/mol. The number of likely N-dealkylation sites (tertiary alicyclic amines) is 1. The number of carbonyl (C=O) groups excluding carboxylic acids is 4. The highest BCUT2D eigenvalue weighted by atomic mass is 16.3. The minimum Gasteiger partial charge on any atom is -0.394 e. The van der Waals surface area contributed by atoms with Crippen LogP contribution >= 0.6 is 0 Å². The summed E-state index contributed by atoms with van der Waals surface area (Å²) in [6, 6.07) is 28.4. The second-order valence-electron chi connectivity index (χ2n) is 14.7. The van der Waals surface area contributed by atoms with E-state index >= 15 is 0 Å². The zero-order chi connectivity index (χ0) is 37.6. The van der Waals surface area contributed by atoms with Crippen LogP contribution in [0.4, 0.5) is 28.4 Å². The van der Waals surface area contributed by atoms with Gasteiger partial charge in [0.1, 0.15) is 0 Å². The van der Waals surface area contributed by atoms with Crippen LogP contribution in [0.15, 0.2) is 103 Å². The van der Waals surface area contributed by atoms with Gasteiger partial charge in [0.15, 0.2) is 5.60 Å². The normalized spacial score (nSPS) is 21.5. The number of hydrogen-bond donors (Lipinski definition) is 2. The number of nitrogens with zero attached hydrogens (tertiary/aromatic N) is 4. The molecule has 3 atom stereocenters. The predicted molar refractivity (Wildman–Crippen MR) is 207 cm³/mol. The molecular formula is C44H44N4O6. The van der Waals surface area contributed by atoms with Gasteiger partial charge in [-0.25, -0.2) is 0 Å². The first-order valence-corrected chi connectivity index (χ1v) is 18.9. The summed E-state index contributed by atoms with van der Waals surface area (Å²) in [7, 11) is 0. The fourth-order valence-corrected chi connectivity index (χ4v) is 8.57. The molecular weight excluding hydrogens is 681 g/mol. The number of carbonyl (C=O) groups is 4. The average molecular weight is 725 g/mol. The van der Waals surface area contributed by atoms with Crippen LogP contribution in [0.25, 0.3) is 0 Å². The van der Waals surface area contributed by atoms with Gasteiger partial charge in [-0.15, -0.1) is 0 Å². The van der Waals surface area contributed by atoms with E-state index in [0.29, 0.717) is 49.2 Å². The number of aliphatic hydroxyl groups is 2. The highest BCUT2D eigenvalue weighted by molar-refractivity contribution is 6.09. The van der Waals surface area contributed by atoms with Crippen LogP contribution in [0, 0.1) is 5.92 Å². The molecule has 54 heavy (non-hydrogen) atoms. The molecule has 0 saturated carbocycles. The molecule has 8 rings (SSSR count). The summed E-state index contributed by atoms with van der Waals surface area (Å²) in [5, 5.41) is 22.3. The molecule has 4 aliphatic heterocycles. The lowest BCUT2D eigenvalue weighted by molar-refractivity contribution is -0.139. The van der Waals surface area contributed by atoms with Crippen LogP contribution in [-0.2, 0) is 44.2 Å². The molecule has 0 unspecified atom stereocenters. The molecule has 4 aliphatic rings. The number of aryl methyl sites for hydroxylation is 2. The maximum atomic E-state index is 14.6. The van der Waals surface area contributed by atoms with Crippen molar-refractivity contribution in [3.05, 3.63) is 125 Å². The number of aliphatic hydroxyl groups excluding tert-OH is 1. The van der Waals surface area contributed by atoms with Crippen LogP contribution < -0.4 is 14.7 Å². The smallest absolute Gasteiger partial charge is 0.264 e. The van der Waals surface area contributed by atoms with Gasteiger partial charge in [0, 0.05) is 48.7 Å². The highest BCUT2D eigenvalue weighted by Gasteiger charge is 2.53. The van der Waals surface area contributed by atoms with Gasteiger partial charge < -0.3 is 20.0 Å². The molecule has 4 amide bonds. The molecule has 0 radical (unpaired) electrons. The van der Waals surface area contributed by atoms with Crippen LogP contribution in [0.5, 0.6) is 0 Å². The maximum absolute atomic E-state index is 14.6. The number of fused-ring (bicyclic) bond motifs is 3. The number of rotatable bonds is 9. The number of hydrogen-bond acceptors (Lipinski definition) is 6. The van der Waals surface area contributed by atoms with Crippen molar-refractivity contribution in [1.29, 1.82) is 0 Å². The Labute approximate surface area is 314 Å². The Morgan fingerprint density at radius 1 is 0.815 bits per heavy atom. The van der Waals surface area contributed by atoms with Crippen molar-refractivity contribution in [2.24, 2.45) is 5.92 Å². The Morgan fingerprint density at radius 3 is 2.07 bits per heavy atom. The Hall–Kier alpha value is -5.58. The van der Waals surface area contributed by atoms with Gasteiger partial charge in [-0.05, 0) is 84.8 Å². The largest absolute Gasteiger partial charge is 0.394 e. The van der Waals surface area contributed by atoms with Gasteiger partial charge in [-0.2, -0.15) is 0 Å². The standard InChI is InChI=1S/C44H44N4O6/c1-29(8-6-14-40(50)45-25-7-11-35(45)28-49)44(54)36-26-34(48-38-13-5-3-10-32(38)18-24-42(48)52)21-22-39(36)46(43(44)53)27-30-15-19-33(20-16-30)47-37-12-4-2-9-31(37)17-23-41(47)51/h2-6,8-10,12-13,15-16,19-22,26,29,35,49,54H,7,11,14,17-18,23-25,27-28H2,1H3/b8-6+/t29-,35+,44+/m1/s1. The molecule has 0 bridgehead atoms. The first-order chi connectivity index (χ1) is 26.2. The summed E-state index contributed by atoms with van der Waals surface area (Å²) < 4.78 is 0. The quantitative estimate of drug-likeness (QED) is 0.198. The van der Waals surface area contributed by atoms with Crippen LogP contribution in [-0.4, -0.2) is 57.9 Å². The zero-order valence-corrected chi connectivity index (χ0v) is 30.4. The predicted octanol–water partition coefficient (Wildman–Crippen LogP) is 6.21. The molecule has 276 valence electrons. The van der Waals surface area contributed by atoms with Crippen molar-refractivity contribution in [3.8, 4) is 0 Å². The molecule has 4 aromatic rings. The van der Waals surface area contributed by atoms with E-state index in [4.69, 9.17) is 0 Å². The minimum absolute atomic E-state index is 0.0261. The van der Waals surface area contributed by atoms with E-state index < -0.39 is 17.4 Å². The number of amides is 4. The van der Waals surface area contributed by atoms with E-state index in [-0.39, 0.29) is 43.3 Å². The molecule has 4 heterocycles. The lowest BCUT2D eigenvalue weighted by Gasteiger charge is -2.31. The average Bonchev–Trinajstić information content (AvgIpc) is 3.76. The molecule has 0 aliphatic carbocycles. The van der Waals surface area contributed by atoms with Crippen molar-refractivity contribution >= 4 is 52.1 Å². The Kier molecular flexibility index (Phi) is 9.41. The molecule has 1 fully saturated rings. The third-order valence-electron chi connectivity index (χ3n) is 11.5. The molecule has 10 nitrogen and oxygen atoms in total. The van der Waals surface area contributed by atoms with E-state index in [9.17, 15) is 29.4 Å². The fourth-order valence-electron chi connectivity index (χ4n) is 8.57. The van der Waals surface area contributed by atoms with Crippen molar-refractivity contribution < 1.29 is 29.4 Å². The molecule has 0 aromatic heterocycles. The Morgan fingerprint density at radius 2 is 1.43 bits per heavy atom. The lowest BCUT2D eigenvalue weighted by Crippen LogP contribution is -2.44. The van der Waals surface area contributed by atoms with Gasteiger partial charge in [-0.3, -0.25) is 29.0 Å². The topological polar surface area (TPSA) is 122 Å². The van der Waals surface area contributed by atoms with Gasteiger partial charge in [0.05, 0.1) is 36.3 Å². The molecule has 10 heteroatoms. The van der Waals surface area contributed by atoms with E-state index in [1.165, 1.54) is 0 Å². The van der Waals surface area contributed by atoms with Gasteiger partial charge in [-0.1, -0.05) is 67.6 Å². The van der Waals surface area contributed by atoms with Crippen molar-refractivity contribution in [3.63, 3.8) is 0 Å². The van der Waals surface area contributed by atoms with Crippen LogP contribution in [0.2, 0.25) is 0 Å². The summed E-state index contributed by atoms with van der Waals surface area (Å²) in [5.74, 6) is -1.39. The summed E-state index contributed by atoms with van der Waals surface area (Å²) in [5.41, 5.74) is 4.85. The first kappa shape index (κ1) is 35.4. The Balaban J connectivity index is 1.11. The third kappa shape index (κ3) is 6.09. The van der Waals surface area contributed by atoms with Crippen molar-refractivity contribution in [2.45, 2.75) is 70.1 Å². The third-order valence-corrected chi connectivity index (χ3v) is 11.5. The van der Waals surface area contributed by atoms with Gasteiger partial charge >= 0.3 is 0 Å². The summed E-state index contributed by atoms with van der Waals surface area (Å²) >= 11 is 0. The second-order valence-corrected chi connectivity index (χ2v) is 14.7. The first-order valence-electron chi connectivity index (χ1n) is 18.9. The summed E-state index contributed by atoms with van der Waals surface area (Å²) in [6.45, 7) is 2.44. The second kappa shape index (κ2) is 14.3. The minimum atomic E-state index is -1.99. The SMILES string of the molecule is C[C@H](/C=C/CC(=O)N1CCC[C@H]1CO)[C@@]1(O)C(=O)N(Cc2ccc(N3C(=O)CCc4ccccc43)cc2)c2ccc(N3C(=O)CCc4ccccc43)cc21. The molecule has 0 spiro atoms. The van der Waals surface area contributed by atoms with E-state index in [1.54, 1.807) is 50.8 Å². The van der Waals surface area contributed by atoms with Gasteiger partial charge in [0.2, 0.25) is 17.7 Å². The van der Waals surface area contributed by atoms with E-state index in [2.05, 4.69) is 0 Å².